The minimum Gasteiger partial charge on any atom is -0.464 e. The first-order chi connectivity index (χ1) is 13.8. The molecule has 7 unspecified atom stereocenters. The molecule has 7 atom stereocenters. The van der Waals surface area contributed by atoms with Gasteiger partial charge in [0, 0.05) is 19.3 Å². The van der Waals surface area contributed by atoms with Gasteiger partial charge < -0.3 is 9.47 Å². The van der Waals surface area contributed by atoms with Gasteiger partial charge >= 0.3 is 5.97 Å². The maximum atomic E-state index is 12.8. The average molecular weight is 403 g/mol. The highest BCUT2D eigenvalue weighted by atomic mass is 16.5. The second kappa shape index (κ2) is 7.55. The Kier molecular flexibility index (Phi) is 5.37. The Morgan fingerprint density at radius 1 is 1.14 bits per heavy atom. The molecule has 160 valence electrons. The van der Waals surface area contributed by atoms with E-state index in [-0.39, 0.29) is 41.2 Å². The Hall–Kier alpha value is -1.65. The van der Waals surface area contributed by atoms with E-state index in [2.05, 4.69) is 19.9 Å². The van der Waals surface area contributed by atoms with Crippen LogP contribution in [0, 0.1) is 34.5 Å². The molecule has 4 rings (SSSR count). The van der Waals surface area contributed by atoms with Gasteiger partial charge in [0.05, 0.1) is 0 Å². The zero-order chi connectivity index (χ0) is 20.8. The van der Waals surface area contributed by atoms with Gasteiger partial charge in [-0.2, -0.15) is 0 Å². The Labute approximate surface area is 173 Å². The molecule has 29 heavy (non-hydrogen) atoms. The van der Waals surface area contributed by atoms with E-state index >= 15 is 0 Å². The molecule has 0 heterocycles. The third-order valence-electron chi connectivity index (χ3n) is 9.11. The van der Waals surface area contributed by atoms with Gasteiger partial charge in [-0.05, 0) is 73.5 Å². The van der Waals surface area contributed by atoms with Gasteiger partial charge in [0.1, 0.15) is 12.7 Å². The first-order valence-electron chi connectivity index (χ1n) is 11.2. The number of ketones is 1. The van der Waals surface area contributed by atoms with E-state index in [4.69, 9.17) is 9.47 Å². The lowest BCUT2D eigenvalue weighted by Crippen LogP contribution is -2.51. The van der Waals surface area contributed by atoms with Crippen LogP contribution in [0.25, 0.3) is 0 Å². The summed E-state index contributed by atoms with van der Waals surface area (Å²) in [6.45, 7) is 6.62. The van der Waals surface area contributed by atoms with Gasteiger partial charge in [-0.25, -0.2) is 0 Å². The third kappa shape index (κ3) is 3.34. The summed E-state index contributed by atoms with van der Waals surface area (Å²) >= 11 is 0. The van der Waals surface area contributed by atoms with Crippen molar-refractivity contribution >= 4 is 18.2 Å². The number of allylic oxidation sites excluding steroid dienone is 1. The van der Waals surface area contributed by atoms with E-state index < -0.39 is 0 Å². The molecule has 0 amide bonds. The number of hydrogen-bond acceptors (Lipinski definition) is 5. The zero-order valence-electron chi connectivity index (χ0n) is 17.9. The Morgan fingerprint density at radius 3 is 2.66 bits per heavy atom. The molecule has 0 aromatic carbocycles. The summed E-state index contributed by atoms with van der Waals surface area (Å²) in [6.07, 6.45) is 10.7. The minimum atomic E-state index is -0.381. The molecule has 0 radical (unpaired) electrons. The second-order valence-electron chi connectivity index (χ2n) is 10.3. The fraction of sp³-hybridized carbons (Fsp3) is 0.792. The van der Waals surface area contributed by atoms with Crippen molar-refractivity contribution in [2.24, 2.45) is 34.5 Å². The molecule has 5 nitrogen and oxygen atoms in total. The quantitative estimate of drug-likeness (QED) is 0.391. The molecule has 0 saturated heterocycles. The van der Waals surface area contributed by atoms with E-state index in [9.17, 15) is 14.4 Å². The molecule has 0 N–H and O–H groups in total. The van der Waals surface area contributed by atoms with Crippen LogP contribution in [0.4, 0.5) is 0 Å². The van der Waals surface area contributed by atoms with E-state index in [1.807, 2.05) is 0 Å². The summed E-state index contributed by atoms with van der Waals surface area (Å²) in [5, 5.41) is 0. The minimum absolute atomic E-state index is 0.0164. The Morgan fingerprint density at radius 2 is 1.93 bits per heavy atom. The molecule has 5 heteroatoms. The smallest absolute Gasteiger partial charge is 0.303 e. The van der Waals surface area contributed by atoms with Gasteiger partial charge in [-0.1, -0.05) is 25.5 Å². The van der Waals surface area contributed by atoms with E-state index in [1.165, 1.54) is 12.5 Å². The molecule has 0 spiro atoms. The van der Waals surface area contributed by atoms with Crippen molar-refractivity contribution in [2.45, 2.75) is 78.2 Å². The molecular formula is C24H34O5. The summed E-state index contributed by atoms with van der Waals surface area (Å²) in [4.78, 5) is 34.7. The topological polar surface area (TPSA) is 69.7 Å². The maximum absolute atomic E-state index is 12.8. The highest BCUT2D eigenvalue weighted by Gasteiger charge is 2.59. The molecule has 0 aliphatic heterocycles. The predicted molar refractivity (Wildman–Crippen MR) is 108 cm³/mol. The summed E-state index contributed by atoms with van der Waals surface area (Å²) in [5.74, 6) is 1.58. The third-order valence-corrected chi connectivity index (χ3v) is 9.11. The van der Waals surface area contributed by atoms with E-state index in [0.29, 0.717) is 24.2 Å². The number of esters is 1. The average Bonchev–Trinajstić information content (AvgIpc) is 3.04. The summed E-state index contributed by atoms with van der Waals surface area (Å²) in [5.41, 5.74) is 1.71. The fourth-order valence-electron chi connectivity index (χ4n) is 7.62. The monoisotopic (exact) mass is 402 g/mol. The van der Waals surface area contributed by atoms with Crippen LogP contribution >= 0.6 is 0 Å². The van der Waals surface area contributed by atoms with Crippen molar-refractivity contribution < 1.29 is 23.9 Å². The highest BCUT2D eigenvalue weighted by Crippen LogP contribution is 2.66. The lowest BCUT2D eigenvalue weighted by atomic mass is 9.47. The maximum Gasteiger partial charge on any atom is 0.303 e. The number of ether oxygens (including phenoxy) is 2. The van der Waals surface area contributed by atoms with Crippen molar-refractivity contribution in [3.05, 3.63) is 11.6 Å². The number of fused-ring (bicyclic) bond motifs is 5. The van der Waals surface area contributed by atoms with Gasteiger partial charge in [-0.15, -0.1) is 0 Å². The van der Waals surface area contributed by atoms with Crippen molar-refractivity contribution in [1.82, 2.24) is 0 Å². The highest BCUT2D eigenvalue weighted by molar-refractivity contribution is 5.85. The van der Waals surface area contributed by atoms with Crippen molar-refractivity contribution in [2.75, 3.05) is 6.61 Å². The van der Waals surface area contributed by atoms with Crippen molar-refractivity contribution in [1.29, 1.82) is 0 Å². The number of hydrogen-bond donors (Lipinski definition) is 0. The lowest BCUT2D eigenvalue weighted by molar-refractivity contribution is -0.149. The molecule has 3 fully saturated rings. The zero-order valence-corrected chi connectivity index (χ0v) is 17.9. The van der Waals surface area contributed by atoms with Gasteiger partial charge in [-0.3, -0.25) is 14.4 Å². The van der Waals surface area contributed by atoms with Gasteiger partial charge in [0.25, 0.3) is 6.47 Å². The normalized spacial score (nSPS) is 43.3. The first kappa shape index (κ1) is 20.6. The first-order valence-corrected chi connectivity index (χ1v) is 11.2. The van der Waals surface area contributed by atoms with Gasteiger partial charge in [0.2, 0.25) is 0 Å². The number of rotatable bonds is 5. The molecular weight excluding hydrogens is 368 g/mol. The largest absolute Gasteiger partial charge is 0.464 e. The number of carbonyl (C=O) groups is 3. The summed E-state index contributed by atoms with van der Waals surface area (Å²) < 4.78 is 10.3. The van der Waals surface area contributed by atoms with Crippen LogP contribution in [-0.2, 0) is 23.9 Å². The van der Waals surface area contributed by atoms with Crippen LogP contribution in [0.5, 0.6) is 0 Å². The molecule has 4 aliphatic rings. The van der Waals surface area contributed by atoms with Crippen LogP contribution in [0.2, 0.25) is 0 Å². The van der Waals surface area contributed by atoms with Crippen molar-refractivity contribution in [3.8, 4) is 0 Å². The van der Waals surface area contributed by atoms with Crippen LogP contribution in [-0.4, -0.2) is 30.9 Å². The second-order valence-corrected chi connectivity index (χ2v) is 10.3. The Balaban J connectivity index is 1.53. The van der Waals surface area contributed by atoms with Crippen LogP contribution in [0.1, 0.15) is 72.1 Å². The molecule has 0 aromatic rings. The predicted octanol–water partition coefficient (Wildman–Crippen LogP) is 4.24. The molecule has 0 aromatic heterocycles. The van der Waals surface area contributed by atoms with E-state index in [0.717, 1.165) is 51.4 Å². The number of Topliss-reactive ketones (excluding diaryl/α,β-unsaturated/α-hetero) is 1. The van der Waals surface area contributed by atoms with E-state index in [1.54, 1.807) is 0 Å². The van der Waals surface area contributed by atoms with Crippen LogP contribution < -0.4 is 0 Å². The fourth-order valence-corrected chi connectivity index (χ4v) is 7.62. The summed E-state index contributed by atoms with van der Waals surface area (Å²) in [7, 11) is 0. The standard InChI is InChI=1S/C24H34O5/c1-15(26)28-13-22(27)21-7-6-19-18-5-4-16-12-17(29-14-25)8-10-23(16,2)20(18)9-11-24(19,21)3/h4,14,17-21H,5-13H2,1-3H3. The van der Waals surface area contributed by atoms with Gasteiger partial charge in [0.15, 0.2) is 5.78 Å². The molecule has 4 aliphatic carbocycles. The molecule has 3 saturated carbocycles. The molecule has 0 bridgehead atoms. The SMILES string of the molecule is CC(=O)OCC(=O)C1CCC2C3CC=C4CC(OC=O)CCC4(C)C3CCC12C. The number of carbonyl (C=O) groups excluding carboxylic acids is 3. The van der Waals surface area contributed by atoms with Crippen LogP contribution in [0.15, 0.2) is 11.6 Å². The van der Waals surface area contributed by atoms with Crippen molar-refractivity contribution in [3.63, 3.8) is 0 Å². The lowest BCUT2D eigenvalue weighted by Gasteiger charge is -2.58. The summed E-state index contributed by atoms with van der Waals surface area (Å²) in [6, 6.07) is 0. The Bertz CT molecular complexity index is 727. The van der Waals surface area contributed by atoms with Crippen LogP contribution in [0.3, 0.4) is 0 Å².